The van der Waals surface area contributed by atoms with E-state index in [4.69, 9.17) is 5.11 Å². The van der Waals surface area contributed by atoms with E-state index in [1.165, 1.54) is 7.11 Å². The fourth-order valence-corrected chi connectivity index (χ4v) is 1.91. The summed E-state index contributed by atoms with van der Waals surface area (Å²) in [5.41, 5.74) is 1.09. The lowest BCUT2D eigenvalue weighted by Gasteiger charge is -2.08. The van der Waals surface area contributed by atoms with Gasteiger partial charge in [0.15, 0.2) is 5.78 Å². The summed E-state index contributed by atoms with van der Waals surface area (Å²) < 4.78 is 4.63. The molecule has 1 N–H and O–H groups in total. The molecule has 1 aliphatic rings. The van der Waals surface area contributed by atoms with Gasteiger partial charge in [0.1, 0.15) is 5.92 Å². The maximum Gasteiger partial charge on any atom is 0.317 e. The van der Waals surface area contributed by atoms with E-state index in [-0.39, 0.29) is 11.4 Å². The molecule has 0 fully saturated rings. The monoisotopic (exact) mass is 218 g/mol. The average Bonchev–Trinajstić information content (AvgIpc) is 2.62. The average molecular weight is 218 g/mol. The molecular formula is C12H10O4. The van der Waals surface area contributed by atoms with Crippen LogP contribution >= 0.6 is 0 Å². The molecule has 82 valence electrons. The zero-order valence-electron chi connectivity index (χ0n) is 8.64. The van der Waals surface area contributed by atoms with E-state index in [2.05, 4.69) is 4.74 Å². The van der Waals surface area contributed by atoms with Gasteiger partial charge in [0.05, 0.1) is 18.9 Å². The molecule has 1 aliphatic carbocycles. The van der Waals surface area contributed by atoms with Gasteiger partial charge >= 0.3 is 5.97 Å². The summed E-state index contributed by atoms with van der Waals surface area (Å²) in [4.78, 5) is 23.4. The third-order valence-electron chi connectivity index (χ3n) is 2.67. The van der Waals surface area contributed by atoms with Gasteiger partial charge in [-0.25, -0.2) is 0 Å². The first-order valence-electron chi connectivity index (χ1n) is 4.76. The second kappa shape index (κ2) is 3.81. The van der Waals surface area contributed by atoms with Crippen LogP contribution in [0, 0.1) is 0 Å². The van der Waals surface area contributed by atoms with Crippen LogP contribution in [0.25, 0.3) is 0 Å². The maximum atomic E-state index is 11.8. The lowest BCUT2D eigenvalue weighted by Crippen LogP contribution is -2.14. The molecule has 0 saturated carbocycles. The predicted molar refractivity (Wildman–Crippen MR) is 56.2 cm³/mol. The molecule has 0 aliphatic heterocycles. The molecule has 2 rings (SSSR count). The highest BCUT2D eigenvalue weighted by molar-refractivity contribution is 6.18. The number of benzene rings is 1. The standard InChI is InChI=1S/C12H10O4/c1-16-12(15)10-7-4-2-3-5-8(7)11(14)9(10)6-13/h2-6,10,13H,1H3/b9-6-. The fraction of sp³-hybridized carbons (Fsp3) is 0.167. The summed E-state index contributed by atoms with van der Waals surface area (Å²) in [5.74, 6) is -1.68. The number of esters is 1. The first-order valence-corrected chi connectivity index (χ1v) is 4.76. The molecule has 1 aromatic rings. The predicted octanol–water partition coefficient (Wildman–Crippen LogP) is 1.58. The Labute approximate surface area is 92.2 Å². The normalized spacial score (nSPS) is 20.9. The largest absolute Gasteiger partial charge is 0.515 e. The van der Waals surface area contributed by atoms with Crippen molar-refractivity contribution in [3.05, 3.63) is 47.2 Å². The summed E-state index contributed by atoms with van der Waals surface area (Å²) in [6.45, 7) is 0. The number of carbonyl (C=O) groups excluding carboxylic acids is 2. The number of aliphatic hydroxyl groups is 1. The number of aliphatic hydroxyl groups excluding tert-OH is 1. The molecule has 0 heterocycles. The van der Waals surface area contributed by atoms with Gasteiger partial charge < -0.3 is 9.84 Å². The number of methoxy groups -OCH3 is 1. The summed E-state index contributed by atoms with van der Waals surface area (Å²) >= 11 is 0. The van der Waals surface area contributed by atoms with Crippen LogP contribution in [0.3, 0.4) is 0 Å². The van der Waals surface area contributed by atoms with E-state index >= 15 is 0 Å². The molecule has 4 nitrogen and oxygen atoms in total. The molecule has 1 aromatic carbocycles. The first kappa shape index (κ1) is 10.4. The highest BCUT2D eigenvalue weighted by atomic mass is 16.5. The van der Waals surface area contributed by atoms with Crippen LogP contribution in [0.4, 0.5) is 0 Å². The number of ketones is 1. The molecule has 0 spiro atoms. The summed E-state index contributed by atoms with van der Waals surface area (Å²) in [6.07, 6.45) is 0.684. The van der Waals surface area contributed by atoms with Crippen molar-refractivity contribution >= 4 is 11.8 Å². The van der Waals surface area contributed by atoms with Crippen LogP contribution < -0.4 is 0 Å². The van der Waals surface area contributed by atoms with E-state index in [0.717, 1.165) is 0 Å². The molecule has 0 aromatic heterocycles. The highest BCUT2D eigenvalue weighted by Crippen LogP contribution is 2.37. The third kappa shape index (κ3) is 1.31. The van der Waals surface area contributed by atoms with E-state index in [0.29, 0.717) is 17.4 Å². The van der Waals surface area contributed by atoms with Crippen molar-refractivity contribution in [2.75, 3.05) is 7.11 Å². The quantitative estimate of drug-likeness (QED) is 0.441. The molecular weight excluding hydrogens is 208 g/mol. The van der Waals surface area contributed by atoms with Gasteiger partial charge in [0, 0.05) is 5.56 Å². The lowest BCUT2D eigenvalue weighted by atomic mass is 9.99. The highest BCUT2D eigenvalue weighted by Gasteiger charge is 2.39. The Morgan fingerprint density at radius 2 is 2.12 bits per heavy atom. The van der Waals surface area contributed by atoms with Crippen molar-refractivity contribution in [2.24, 2.45) is 0 Å². The SMILES string of the molecule is COC(=O)C1/C(=C/O)C(=O)c2ccccc21. The van der Waals surface area contributed by atoms with E-state index in [9.17, 15) is 9.59 Å². The first-order chi connectivity index (χ1) is 7.70. The zero-order valence-corrected chi connectivity index (χ0v) is 8.64. The number of hydrogen-bond acceptors (Lipinski definition) is 4. The Hall–Kier alpha value is -2.10. The van der Waals surface area contributed by atoms with Gasteiger partial charge in [0.25, 0.3) is 0 Å². The summed E-state index contributed by atoms with van der Waals surface area (Å²) in [6, 6.07) is 6.77. The summed E-state index contributed by atoms with van der Waals surface area (Å²) in [5, 5.41) is 9.03. The van der Waals surface area contributed by atoms with Crippen molar-refractivity contribution in [3.63, 3.8) is 0 Å². The van der Waals surface area contributed by atoms with Crippen molar-refractivity contribution in [1.82, 2.24) is 0 Å². The van der Waals surface area contributed by atoms with Crippen molar-refractivity contribution in [2.45, 2.75) is 5.92 Å². The van der Waals surface area contributed by atoms with Crippen LogP contribution in [0.5, 0.6) is 0 Å². The second-order valence-corrected chi connectivity index (χ2v) is 3.46. The molecule has 16 heavy (non-hydrogen) atoms. The van der Waals surface area contributed by atoms with Crippen LogP contribution in [0.2, 0.25) is 0 Å². The Morgan fingerprint density at radius 3 is 2.75 bits per heavy atom. The van der Waals surface area contributed by atoms with E-state index in [1.807, 2.05) is 0 Å². The topological polar surface area (TPSA) is 63.6 Å². The third-order valence-corrected chi connectivity index (χ3v) is 2.67. The second-order valence-electron chi connectivity index (χ2n) is 3.46. The Morgan fingerprint density at radius 1 is 1.44 bits per heavy atom. The van der Waals surface area contributed by atoms with Gasteiger partial charge in [-0.2, -0.15) is 0 Å². The van der Waals surface area contributed by atoms with Gasteiger partial charge in [-0.3, -0.25) is 9.59 Å². The van der Waals surface area contributed by atoms with Gasteiger partial charge in [-0.1, -0.05) is 24.3 Å². The van der Waals surface area contributed by atoms with Crippen LogP contribution in [0.15, 0.2) is 36.1 Å². The van der Waals surface area contributed by atoms with Crippen LogP contribution in [-0.4, -0.2) is 24.0 Å². The Kier molecular flexibility index (Phi) is 2.48. The van der Waals surface area contributed by atoms with Crippen molar-refractivity contribution in [1.29, 1.82) is 0 Å². The molecule has 0 radical (unpaired) electrons. The molecule has 0 amide bonds. The van der Waals surface area contributed by atoms with Crippen LogP contribution in [-0.2, 0) is 9.53 Å². The lowest BCUT2D eigenvalue weighted by molar-refractivity contribution is -0.141. The molecule has 4 heteroatoms. The number of Topliss-reactive ketones (excluding diaryl/α,β-unsaturated/α-hetero) is 1. The van der Waals surface area contributed by atoms with Crippen molar-refractivity contribution in [3.8, 4) is 0 Å². The minimum absolute atomic E-state index is 0.0630. The summed E-state index contributed by atoms with van der Waals surface area (Å²) in [7, 11) is 1.25. The number of ether oxygens (including phenoxy) is 1. The van der Waals surface area contributed by atoms with Crippen molar-refractivity contribution < 1.29 is 19.4 Å². The van der Waals surface area contributed by atoms with Gasteiger partial charge in [-0.15, -0.1) is 0 Å². The van der Waals surface area contributed by atoms with E-state index < -0.39 is 11.9 Å². The number of hydrogen-bond donors (Lipinski definition) is 1. The van der Waals surface area contributed by atoms with Gasteiger partial charge in [0.2, 0.25) is 0 Å². The molecule has 0 saturated heterocycles. The Balaban J connectivity index is 2.60. The zero-order chi connectivity index (χ0) is 11.7. The molecule has 1 atom stereocenters. The van der Waals surface area contributed by atoms with E-state index in [1.54, 1.807) is 24.3 Å². The molecule has 0 bridgehead atoms. The minimum atomic E-state index is -0.807. The number of rotatable bonds is 1. The maximum absolute atomic E-state index is 11.8. The smallest absolute Gasteiger partial charge is 0.317 e. The van der Waals surface area contributed by atoms with Crippen LogP contribution in [0.1, 0.15) is 21.8 Å². The number of fused-ring (bicyclic) bond motifs is 1. The Bertz CT molecular complexity index is 488. The fourth-order valence-electron chi connectivity index (χ4n) is 1.91. The number of carbonyl (C=O) groups is 2. The van der Waals surface area contributed by atoms with Gasteiger partial charge in [-0.05, 0) is 5.56 Å². The molecule has 1 unspecified atom stereocenters. The minimum Gasteiger partial charge on any atom is -0.515 e.